The minimum atomic E-state index is -1.00. The first kappa shape index (κ1) is 19.0. The van der Waals surface area contributed by atoms with Crippen molar-refractivity contribution in [3.8, 4) is 11.4 Å². The van der Waals surface area contributed by atoms with Gasteiger partial charge in [-0.25, -0.2) is 14.8 Å². The van der Waals surface area contributed by atoms with Crippen molar-refractivity contribution in [3.63, 3.8) is 0 Å². The maximum absolute atomic E-state index is 11.7. The third-order valence-electron chi connectivity index (χ3n) is 3.83. The van der Waals surface area contributed by atoms with E-state index in [1.54, 1.807) is 5.38 Å². The molecule has 142 valence electrons. The van der Waals surface area contributed by atoms with E-state index in [1.165, 1.54) is 11.3 Å². The van der Waals surface area contributed by atoms with E-state index >= 15 is 0 Å². The van der Waals surface area contributed by atoms with Crippen LogP contribution in [0.2, 0.25) is 0 Å². The number of pyridine rings is 1. The first-order chi connectivity index (χ1) is 12.9. The molecule has 3 rings (SSSR count). The molecule has 3 heterocycles. The van der Waals surface area contributed by atoms with Crippen molar-refractivity contribution in [3.05, 3.63) is 35.3 Å². The molecule has 27 heavy (non-hydrogen) atoms. The van der Waals surface area contributed by atoms with E-state index in [1.807, 2.05) is 32.0 Å². The highest BCUT2D eigenvalue weighted by Gasteiger charge is 2.19. The molecule has 2 aromatic heterocycles. The number of amides is 2. The van der Waals surface area contributed by atoms with Crippen molar-refractivity contribution < 1.29 is 19.1 Å². The highest BCUT2D eigenvalue weighted by atomic mass is 32.1. The third kappa shape index (κ3) is 5.11. The summed E-state index contributed by atoms with van der Waals surface area (Å²) in [6.07, 6.45) is 2.08. The normalized spacial score (nSPS) is 19.3. The third-order valence-corrected chi connectivity index (χ3v) is 4.58. The van der Waals surface area contributed by atoms with Crippen LogP contribution in [0.5, 0.6) is 0 Å². The minimum absolute atomic E-state index is 0.0536. The molecule has 0 saturated heterocycles. The second-order valence-electron chi connectivity index (χ2n) is 6.15. The number of hydrogen-bond acceptors (Lipinski definition) is 7. The molecular formula is C18H20N4O4S. The van der Waals surface area contributed by atoms with Crippen LogP contribution in [-0.2, 0) is 14.3 Å². The molecule has 0 fully saturated rings. The predicted molar refractivity (Wildman–Crippen MR) is 102 cm³/mol. The molecule has 0 aliphatic carbocycles. The van der Waals surface area contributed by atoms with E-state index in [9.17, 15) is 9.59 Å². The number of nitrogens with two attached hydrogens (primary N) is 1. The van der Waals surface area contributed by atoms with Crippen molar-refractivity contribution in [2.75, 3.05) is 11.9 Å². The molecule has 2 unspecified atom stereocenters. The summed E-state index contributed by atoms with van der Waals surface area (Å²) >= 11 is 1.26. The van der Waals surface area contributed by atoms with E-state index in [2.05, 4.69) is 21.1 Å². The molecule has 0 spiro atoms. The summed E-state index contributed by atoms with van der Waals surface area (Å²) in [5.74, 6) is -0.508. The number of thiazole rings is 1. The van der Waals surface area contributed by atoms with Gasteiger partial charge in [-0.3, -0.25) is 10.1 Å². The maximum Gasteiger partial charge on any atom is 0.405 e. The van der Waals surface area contributed by atoms with Gasteiger partial charge in [-0.05, 0) is 31.6 Å². The van der Waals surface area contributed by atoms with Crippen LogP contribution >= 0.6 is 11.3 Å². The van der Waals surface area contributed by atoms with E-state index in [0.717, 1.165) is 17.7 Å². The molecule has 2 aromatic rings. The Morgan fingerprint density at radius 1 is 1.30 bits per heavy atom. The molecule has 3 N–H and O–H groups in total. The average molecular weight is 388 g/mol. The maximum atomic E-state index is 11.7. The minimum Gasteiger partial charge on any atom is -0.440 e. The summed E-state index contributed by atoms with van der Waals surface area (Å²) < 4.78 is 10.2. The number of carbonyl (C=O) groups is 2. The van der Waals surface area contributed by atoms with Crippen molar-refractivity contribution in [2.45, 2.75) is 32.5 Å². The van der Waals surface area contributed by atoms with Crippen molar-refractivity contribution in [1.29, 1.82) is 0 Å². The van der Waals surface area contributed by atoms with Gasteiger partial charge in [0, 0.05) is 11.8 Å². The van der Waals surface area contributed by atoms with Gasteiger partial charge < -0.3 is 15.2 Å². The zero-order valence-corrected chi connectivity index (χ0v) is 15.8. The smallest absolute Gasteiger partial charge is 0.405 e. The quantitative estimate of drug-likeness (QED) is 0.813. The molecule has 0 bridgehead atoms. The lowest BCUT2D eigenvalue weighted by molar-refractivity contribution is -0.118. The number of aromatic nitrogens is 2. The molecule has 0 radical (unpaired) electrons. The fourth-order valence-electron chi connectivity index (χ4n) is 2.80. The Labute approximate surface area is 160 Å². The molecule has 0 saturated carbocycles. The molecule has 9 heteroatoms. The lowest BCUT2D eigenvalue weighted by atomic mass is 10.00. The Hall–Kier alpha value is -2.78. The average Bonchev–Trinajstić information content (AvgIpc) is 3.08. The highest BCUT2D eigenvalue weighted by molar-refractivity contribution is 7.14. The zero-order chi connectivity index (χ0) is 19.4. The number of anilines is 1. The van der Waals surface area contributed by atoms with Gasteiger partial charge in [0.1, 0.15) is 5.69 Å². The van der Waals surface area contributed by atoms with Gasteiger partial charge in [-0.15, -0.1) is 11.3 Å². The van der Waals surface area contributed by atoms with Crippen LogP contribution in [0.15, 0.2) is 29.7 Å². The van der Waals surface area contributed by atoms with Gasteiger partial charge in [0.2, 0.25) is 0 Å². The molecule has 2 atom stereocenters. The number of ether oxygens (including phenoxy) is 2. The highest BCUT2D eigenvalue weighted by Crippen LogP contribution is 2.29. The number of primary amides is 1. The zero-order valence-electron chi connectivity index (χ0n) is 15.0. The molecule has 2 amide bonds. The largest absolute Gasteiger partial charge is 0.440 e. The summed E-state index contributed by atoms with van der Waals surface area (Å²) in [6, 6.07) is 5.77. The molecule has 8 nitrogen and oxygen atoms in total. The molecular weight excluding hydrogens is 368 g/mol. The van der Waals surface area contributed by atoms with Crippen LogP contribution in [0.4, 0.5) is 9.93 Å². The fourth-order valence-corrected chi connectivity index (χ4v) is 3.52. The van der Waals surface area contributed by atoms with Crippen LogP contribution in [0, 0.1) is 0 Å². The Kier molecular flexibility index (Phi) is 5.82. The Morgan fingerprint density at radius 3 is 2.81 bits per heavy atom. The molecule has 1 aliphatic rings. The SMILES string of the molecule is CC1C=C(c2cccc(-c3csc(NC(=O)COC(N)=O)n3)n2)CC(C)O1. The number of carbonyl (C=O) groups excluding carboxylic acids is 2. The number of nitrogens with zero attached hydrogens (tertiary/aromatic N) is 2. The fraction of sp³-hybridized carbons (Fsp3) is 0.333. The van der Waals surface area contributed by atoms with Crippen LogP contribution in [0.1, 0.15) is 26.0 Å². The van der Waals surface area contributed by atoms with E-state index in [4.69, 9.17) is 15.5 Å². The van der Waals surface area contributed by atoms with Gasteiger partial charge >= 0.3 is 6.09 Å². The van der Waals surface area contributed by atoms with Crippen molar-refractivity contribution >= 4 is 34.0 Å². The topological polar surface area (TPSA) is 116 Å². The van der Waals surface area contributed by atoms with Gasteiger partial charge in [0.25, 0.3) is 5.91 Å². The number of hydrogen-bond donors (Lipinski definition) is 2. The first-order valence-electron chi connectivity index (χ1n) is 8.42. The Morgan fingerprint density at radius 2 is 2.07 bits per heavy atom. The summed E-state index contributed by atoms with van der Waals surface area (Å²) in [7, 11) is 0. The predicted octanol–water partition coefficient (Wildman–Crippen LogP) is 2.82. The second-order valence-corrected chi connectivity index (χ2v) is 7.01. The molecule has 1 aliphatic heterocycles. The van der Waals surface area contributed by atoms with Crippen LogP contribution in [0.25, 0.3) is 17.0 Å². The second kappa shape index (κ2) is 8.28. The van der Waals surface area contributed by atoms with Crippen molar-refractivity contribution in [2.24, 2.45) is 5.73 Å². The Balaban J connectivity index is 1.73. The number of nitrogens with one attached hydrogen (secondary N) is 1. The van der Waals surface area contributed by atoms with Gasteiger partial charge in [0.15, 0.2) is 11.7 Å². The van der Waals surface area contributed by atoms with Crippen LogP contribution < -0.4 is 11.1 Å². The summed E-state index contributed by atoms with van der Waals surface area (Å²) in [4.78, 5) is 31.3. The summed E-state index contributed by atoms with van der Waals surface area (Å²) in [6.45, 7) is 3.60. The Bertz CT molecular complexity index is 880. The van der Waals surface area contributed by atoms with Crippen molar-refractivity contribution in [1.82, 2.24) is 9.97 Å². The van der Waals surface area contributed by atoms with E-state index in [0.29, 0.717) is 16.5 Å². The van der Waals surface area contributed by atoms with Gasteiger partial charge in [-0.1, -0.05) is 12.1 Å². The van der Waals surface area contributed by atoms with E-state index < -0.39 is 18.6 Å². The molecule has 0 aromatic carbocycles. The monoisotopic (exact) mass is 388 g/mol. The lowest BCUT2D eigenvalue weighted by Gasteiger charge is -2.24. The lowest BCUT2D eigenvalue weighted by Crippen LogP contribution is -2.23. The first-order valence-corrected chi connectivity index (χ1v) is 9.30. The van der Waals surface area contributed by atoms with E-state index in [-0.39, 0.29) is 12.2 Å². The van der Waals surface area contributed by atoms with Crippen LogP contribution in [-0.4, -0.2) is 40.8 Å². The van der Waals surface area contributed by atoms with Crippen LogP contribution in [0.3, 0.4) is 0 Å². The van der Waals surface area contributed by atoms with Gasteiger partial charge in [0.05, 0.1) is 23.6 Å². The summed E-state index contributed by atoms with van der Waals surface area (Å²) in [5, 5.41) is 4.75. The van der Waals surface area contributed by atoms with Gasteiger partial charge in [-0.2, -0.15) is 0 Å². The number of rotatable bonds is 5. The standard InChI is InChI=1S/C18H20N4O4S/c1-10-6-12(7-11(2)26-10)13-4-3-5-14(20-13)15-9-27-18(21-15)22-16(23)8-25-17(19)24/h3-6,9-11H,7-8H2,1-2H3,(H2,19,24)(H,21,22,23). The summed E-state index contributed by atoms with van der Waals surface area (Å²) in [5.41, 5.74) is 8.24.